The van der Waals surface area contributed by atoms with Crippen molar-refractivity contribution >= 4 is 22.9 Å². The van der Waals surface area contributed by atoms with Gasteiger partial charge in [0, 0.05) is 30.3 Å². The van der Waals surface area contributed by atoms with Gasteiger partial charge in [0.1, 0.15) is 5.75 Å². The average Bonchev–Trinajstić information content (AvgIpc) is 3.03. The van der Waals surface area contributed by atoms with Gasteiger partial charge in [0.15, 0.2) is 6.29 Å². The van der Waals surface area contributed by atoms with E-state index in [4.69, 9.17) is 9.47 Å². The monoisotopic (exact) mass is 333 g/mol. The number of carbonyl (C=O) groups is 1. The molecular formula is C17H19NO4S. The number of benzene rings is 1. The van der Waals surface area contributed by atoms with Gasteiger partial charge < -0.3 is 19.5 Å². The number of methoxy groups -OCH3 is 2. The summed E-state index contributed by atoms with van der Waals surface area (Å²) in [5.41, 5.74) is 1.86. The maximum absolute atomic E-state index is 12.2. The number of aliphatic hydroxyl groups excluding tert-OH is 1. The van der Waals surface area contributed by atoms with Gasteiger partial charge in [0.25, 0.3) is 0 Å². The van der Waals surface area contributed by atoms with Gasteiger partial charge in [-0.1, -0.05) is 12.1 Å². The summed E-state index contributed by atoms with van der Waals surface area (Å²) >= 11 is 1.58. The fraction of sp³-hybridized carbons (Fsp3) is 0.353. The van der Waals surface area contributed by atoms with Crippen molar-refractivity contribution in [3.05, 3.63) is 35.2 Å². The van der Waals surface area contributed by atoms with Crippen LogP contribution in [0.5, 0.6) is 5.75 Å². The summed E-state index contributed by atoms with van der Waals surface area (Å²) < 4.78 is 10.3. The highest BCUT2D eigenvalue weighted by molar-refractivity contribution is 7.16. The molecule has 2 aromatic rings. The lowest BCUT2D eigenvalue weighted by Crippen LogP contribution is -2.36. The molecule has 122 valence electrons. The van der Waals surface area contributed by atoms with Crippen LogP contribution in [-0.4, -0.2) is 38.6 Å². The standard InChI is InChI=1S/C17H19NO4S/c1-18-13-9-14(10-5-4-6-11(7-10)21-2)23-16(13)12(8-15(18)19)17(20)22-3/h4-7,9,12,17,20H,8H2,1-3H3. The molecule has 1 aromatic heterocycles. The molecule has 1 amide bonds. The van der Waals surface area contributed by atoms with Crippen LogP contribution in [0.4, 0.5) is 5.69 Å². The number of hydrogen-bond acceptors (Lipinski definition) is 5. The molecule has 23 heavy (non-hydrogen) atoms. The van der Waals surface area contributed by atoms with Crippen LogP contribution >= 0.6 is 11.3 Å². The number of amides is 1. The molecule has 0 bridgehead atoms. The number of hydrogen-bond donors (Lipinski definition) is 1. The van der Waals surface area contributed by atoms with Gasteiger partial charge in [-0.2, -0.15) is 0 Å². The van der Waals surface area contributed by atoms with Crippen LogP contribution in [0.15, 0.2) is 30.3 Å². The molecule has 2 atom stereocenters. The Kier molecular flexibility index (Phi) is 4.39. The minimum Gasteiger partial charge on any atom is -0.497 e. The lowest BCUT2D eigenvalue weighted by molar-refractivity contribution is -0.126. The molecule has 0 saturated carbocycles. The van der Waals surface area contributed by atoms with Crippen LogP contribution in [0.1, 0.15) is 17.2 Å². The van der Waals surface area contributed by atoms with Gasteiger partial charge in [-0.25, -0.2) is 0 Å². The molecule has 6 heteroatoms. The van der Waals surface area contributed by atoms with Crippen LogP contribution in [0, 0.1) is 0 Å². The van der Waals surface area contributed by atoms with E-state index < -0.39 is 6.29 Å². The molecule has 1 N–H and O–H groups in total. The third-order valence-corrected chi connectivity index (χ3v) is 5.45. The third-order valence-electron chi connectivity index (χ3n) is 4.15. The minimum atomic E-state index is -0.983. The number of nitrogens with zero attached hydrogens (tertiary/aromatic N) is 1. The molecule has 0 spiro atoms. The lowest BCUT2D eigenvalue weighted by Gasteiger charge is -2.30. The zero-order valence-corrected chi connectivity index (χ0v) is 14.1. The van der Waals surface area contributed by atoms with Gasteiger partial charge >= 0.3 is 0 Å². The van der Waals surface area contributed by atoms with Crippen LogP contribution in [0.3, 0.4) is 0 Å². The quantitative estimate of drug-likeness (QED) is 0.874. The molecule has 0 saturated heterocycles. The van der Waals surface area contributed by atoms with E-state index in [1.165, 1.54) is 7.11 Å². The van der Waals surface area contributed by atoms with E-state index in [2.05, 4.69) is 0 Å². The molecule has 2 unspecified atom stereocenters. The highest BCUT2D eigenvalue weighted by atomic mass is 32.1. The second-order valence-corrected chi connectivity index (χ2v) is 6.57. The first-order chi connectivity index (χ1) is 11.0. The Morgan fingerprint density at radius 1 is 1.35 bits per heavy atom. The van der Waals surface area contributed by atoms with Crippen LogP contribution in [0.2, 0.25) is 0 Å². The van der Waals surface area contributed by atoms with Crippen LogP contribution in [-0.2, 0) is 9.53 Å². The van der Waals surface area contributed by atoms with E-state index in [1.807, 2.05) is 30.3 Å². The SMILES string of the molecule is COc1cccc(-c2cc3c(s2)C(C(O)OC)CC(=O)N3C)c1. The number of carbonyl (C=O) groups excluding carboxylic acids is 1. The van der Waals surface area contributed by atoms with Crippen molar-refractivity contribution < 1.29 is 19.4 Å². The second kappa shape index (κ2) is 6.31. The summed E-state index contributed by atoms with van der Waals surface area (Å²) in [6.07, 6.45) is -0.737. The Morgan fingerprint density at radius 3 is 2.83 bits per heavy atom. The highest BCUT2D eigenvalue weighted by Crippen LogP contribution is 2.46. The molecule has 0 fully saturated rings. The Morgan fingerprint density at radius 2 is 2.13 bits per heavy atom. The Balaban J connectivity index is 2.06. The zero-order chi connectivity index (χ0) is 16.6. The molecular weight excluding hydrogens is 314 g/mol. The number of anilines is 1. The Bertz CT molecular complexity index is 727. The van der Waals surface area contributed by atoms with Crippen molar-refractivity contribution in [2.75, 3.05) is 26.2 Å². The van der Waals surface area contributed by atoms with Gasteiger partial charge in [-0.05, 0) is 23.8 Å². The van der Waals surface area contributed by atoms with Crippen molar-refractivity contribution in [2.45, 2.75) is 18.6 Å². The van der Waals surface area contributed by atoms with Crippen molar-refractivity contribution in [1.29, 1.82) is 0 Å². The summed E-state index contributed by atoms with van der Waals surface area (Å²) in [5.74, 6) is 0.434. The Labute approximate surface area is 139 Å². The molecule has 1 aliphatic heterocycles. The summed E-state index contributed by atoms with van der Waals surface area (Å²) in [6, 6.07) is 9.78. The van der Waals surface area contributed by atoms with Gasteiger partial charge in [0.2, 0.25) is 5.91 Å². The molecule has 0 aliphatic carbocycles. The van der Waals surface area contributed by atoms with E-state index in [1.54, 1.807) is 30.4 Å². The number of fused-ring (bicyclic) bond motifs is 1. The van der Waals surface area contributed by atoms with E-state index in [9.17, 15) is 9.90 Å². The van der Waals surface area contributed by atoms with Crippen molar-refractivity contribution in [2.24, 2.45) is 0 Å². The van der Waals surface area contributed by atoms with Crippen molar-refractivity contribution in [3.63, 3.8) is 0 Å². The fourth-order valence-corrected chi connectivity index (χ4v) is 4.09. The summed E-state index contributed by atoms with van der Waals surface area (Å²) in [4.78, 5) is 15.8. The highest BCUT2D eigenvalue weighted by Gasteiger charge is 2.36. The first-order valence-corrected chi connectivity index (χ1v) is 8.12. The molecule has 1 aliphatic rings. The molecule has 0 radical (unpaired) electrons. The zero-order valence-electron chi connectivity index (χ0n) is 13.3. The topological polar surface area (TPSA) is 59.0 Å². The third kappa shape index (κ3) is 2.85. The first-order valence-electron chi connectivity index (χ1n) is 7.30. The largest absolute Gasteiger partial charge is 0.497 e. The maximum atomic E-state index is 12.2. The molecule has 3 rings (SSSR count). The average molecular weight is 333 g/mol. The number of thiophene rings is 1. The smallest absolute Gasteiger partial charge is 0.227 e. The Hall–Kier alpha value is -1.89. The maximum Gasteiger partial charge on any atom is 0.227 e. The van der Waals surface area contributed by atoms with Crippen LogP contribution < -0.4 is 9.64 Å². The molecule has 1 aromatic carbocycles. The number of aliphatic hydroxyl groups is 1. The van der Waals surface area contributed by atoms with Crippen molar-refractivity contribution in [3.8, 4) is 16.2 Å². The van der Waals surface area contributed by atoms with Gasteiger partial charge in [-0.3, -0.25) is 4.79 Å². The second-order valence-electron chi connectivity index (χ2n) is 5.48. The number of ether oxygens (including phenoxy) is 2. The van der Waals surface area contributed by atoms with Gasteiger partial charge in [0.05, 0.1) is 18.7 Å². The first kappa shape index (κ1) is 16.0. The fourth-order valence-electron chi connectivity index (χ4n) is 2.79. The normalized spacial score (nSPS) is 18.7. The molecule has 2 heterocycles. The van der Waals surface area contributed by atoms with Gasteiger partial charge in [-0.15, -0.1) is 11.3 Å². The summed E-state index contributed by atoms with van der Waals surface area (Å²) in [6.45, 7) is 0. The van der Waals surface area contributed by atoms with E-state index in [0.29, 0.717) is 0 Å². The van der Waals surface area contributed by atoms with E-state index in [0.717, 1.165) is 26.8 Å². The summed E-state index contributed by atoms with van der Waals surface area (Å²) in [7, 11) is 4.85. The van der Waals surface area contributed by atoms with E-state index >= 15 is 0 Å². The van der Waals surface area contributed by atoms with Crippen molar-refractivity contribution in [1.82, 2.24) is 0 Å². The predicted molar refractivity (Wildman–Crippen MR) is 90.1 cm³/mol. The molecule has 5 nitrogen and oxygen atoms in total. The lowest BCUT2D eigenvalue weighted by atomic mass is 9.96. The van der Waals surface area contributed by atoms with E-state index in [-0.39, 0.29) is 18.2 Å². The predicted octanol–water partition coefficient (Wildman–Crippen LogP) is 2.84. The summed E-state index contributed by atoms with van der Waals surface area (Å²) in [5, 5.41) is 10.1. The minimum absolute atomic E-state index is 0.0198. The van der Waals surface area contributed by atoms with Crippen LogP contribution in [0.25, 0.3) is 10.4 Å². The number of rotatable bonds is 4.